The first-order valence-electron chi connectivity index (χ1n) is 12.5. The second-order valence-corrected chi connectivity index (χ2v) is 10.8. The van der Waals surface area contributed by atoms with Gasteiger partial charge in [0.25, 0.3) is 0 Å². The van der Waals surface area contributed by atoms with Gasteiger partial charge in [-0.25, -0.2) is 0 Å². The number of ketones is 1. The molecule has 0 N–H and O–H groups in total. The summed E-state index contributed by atoms with van der Waals surface area (Å²) in [6.45, 7) is 11.7. The second-order valence-electron chi connectivity index (χ2n) is 10.8. The van der Waals surface area contributed by atoms with Gasteiger partial charge in [-0.2, -0.15) is 0 Å². The molecular formula is C28H46O. The summed E-state index contributed by atoms with van der Waals surface area (Å²) in [5, 5.41) is 0. The van der Waals surface area contributed by atoms with Crippen molar-refractivity contribution in [2.45, 2.75) is 105 Å². The number of hydrogen-bond donors (Lipinski definition) is 0. The lowest BCUT2D eigenvalue weighted by molar-refractivity contribution is -0.136. The topological polar surface area (TPSA) is 17.1 Å². The van der Waals surface area contributed by atoms with Gasteiger partial charge in [0.1, 0.15) is 5.78 Å². The highest BCUT2D eigenvalue weighted by molar-refractivity contribution is 5.85. The van der Waals surface area contributed by atoms with E-state index in [1.807, 2.05) is 0 Å². The molecule has 2 aliphatic rings. The van der Waals surface area contributed by atoms with E-state index in [9.17, 15) is 4.79 Å². The van der Waals surface area contributed by atoms with Gasteiger partial charge in [-0.05, 0) is 74.0 Å². The average molecular weight is 399 g/mol. The van der Waals surface area contributed by atoms with Gasteiger partial charge in [-0.3, -0.25) is 4.79 Å². The third-order valence-corrected chi connectivity index (χ3v) is 8.21. The molecule has 2 aliphatic carbocycles. The fourth-order valence-electron chi connectivity index (χ4n) is 6.51. The monoisotopic (exact) mass is 398 g/mol. The van der Waals surface area contributed by atoms with Crippen LogP contribution in [0.1, 0.15) is 105 Å². The van der Waals surface area contributed by atoms with E-state index in [4.69, 9.17) is 6.42 Å². The van der Waals surface area contributed by atoms with E-state index in [0.717, 1.165) is 56.3 Å². The third-order valence-electron chi connectivity index (χ3n) is 8.21. The highest BCUT2D eigenvalue weighted by Gasteiger charge is 2.54. The van der Waals surface area contributed by atoms with Crippen LogP contribution >= 0.6 is 0 Å². The summed E-state index contributed by atoms with van der Waals surface area (Å²) in [4.78, 5) is 13.5. The molecule has 164 valence electrons. The minimum absolute atomic E-state index is 0.245. The summed E-state index contributed by atoms with van der Waals surface area (Å²) >= 11 is 0. The van der Waals surface area contributed by atoms with Gasteiger partial charge in [0.2, 0.25) is 0 Å². The number of rotatable bonds is 11. The van der Waals surface area contributed by atoms with Crippen molar-refractivity contribution in [3.05, 3.63) is 12.2 Å². The molecule has 0 aromatic heterocycles. The Kier molecular flexibility index (Phi) is 9.52. The first-order valence-corrected chi connectivity index (χ1v) is 12.5. The lowest BCUT2D eigenvalue weighted by atomic mass is 9.58. The maximum absolute atomic E-state index is 13.5. The Morgan fingerprint density at radius 3 is 2.59 bits per heavy atom. The predicted octanol–water partition coefficient (Wildman–Crippen LogP) is 7.85. The predicted molar refractivity (Wildman–Crippen MR) is 126 cm³/mol. The van der Waals surface area contributed by atoms with Crippen molar-refractivity contribution in [3.8, 4) is 12.3 Å². The molecule has 1 nitrogen and oxygen atoms in total. The van der Waals surface area contributed by atoms with Gasteiger partial charge < -0.3 is 0 Å². The van der Waals surface area contributed by atoms with Crippen molar-refractivity contribution in [3.63, 3.8) is 0 Å². The van der Waals surface area contributed by atoms with Crippen molar-refractivity contribution in [2.75, 3.05) is 0 Å². The van der Waals surface area contributed by atoms with E-state index < -0.39 is 0 Å². The number of Topliss-reactive ketones (excluding diaryl/α,β-unsaturated/α-hetero) is 1. The lowest BCUT2D eigenvalue weighted by Crippen LogP contribution is -2.43. The van der Waals surface area contributed by atoms with Crippen LogP contribution in [0, 0.1) is 53.3 Å². The Morgan fingerprint density at radius 1 is 1.17 bits per heavy atom. The first kappa shape index (κ1) is 24.2. The SMILES string of the molecule is C#CCC(C/C=C\CC)C[C@@H]1CCC2(C)C(CCC2C(C)CCCC(C)C)C1=O. The van der Waals surface area contributed by atoms with Crippen molar-refractivity contribution in [1.29, 1.82) is 0 Å². The molecular weight excluding hydrogens is 352 g/mol. The standard InChI is InChI=1S/C28H46O/c1-7-9-10-15-23(12-8-2)20-24-18-19-28(6)25(16-17-26(28)27(24)29)22(5)14-11-13-21(3)4/h2,9-10,21-26H,7,11-20H2,1,3-6H3/b10-9-/t22?,23?,24-,25?,26?,28?/m0/s1. The number of carbonyl (C=O) groups is 1. The summed E-state index contributed by atoms with van der Waals surface area (Å²) in [5.74, 6) is 6.74. The van der Waals surface area contributed by atoms with Crippen LogP contribution in [0.15, 0.2) is 12.2 Å². The Labute approximate surface area is 181 Å². The average Bonchev–Trinajstić information content (AvgIpc) is 3.02. The highest BCUT2D eigenvalue weighted by atomic mass is 16.1. The van der Waals surface area contributed by atoms with Gasteiger partial charge in [0, 0.05) is 18.3 Å². The fraction of sp³-hybridized carbons (Fsp3) is 0.821. The van der Waals surface area contributed by atoms with Gasteiger partial charge in [-0.1, -0.05) is 66.0 Å². The quantitative estimate of drug-likeness (QED) is 0.256. The minimum atomic E-state index is 0.245. The Balaban J connectivity index is 1.98. The minimum Gasteiger partial charge on any atom is -0.299 e. The molecule has 29 heavy (non-hydrogen) atoms. The van der Waals surface area contributed by atoms with Crippen LogP contribution in [-0.2, 0) is 4.79 Å². The van der Waals surface area contributed by atoms with E-state index in [1.165, 1.54) is 32.1 Å². The molecule has 0 amide bonds. The Hall–Kier alpha value is -1.03. The lowest BCUT2D eigenvalue weighted by Gasteiger charge is -2.45. The molecule has 0 aromatic rings. The maximum Gasteiger partial charge on any atom is 0.139 e. The number of allylic oxidation sites excluding steroid dienone is 2. The molecule has 0 saturated heterocycles. The van der Waals surface area contributed by atoms with Gasteiger partial charge >= 0.3 is 0 Å². The molecule has 0 bridgehead atoms. The van der Waals surface area contributed by atoms with E-state index in [2.05, 4.69) is 52.7 Å². The molecule has 0 spiro atoms. The molecule has 0 aromatic carbocycles. The first-order chi connectivity index (χ1) is 13.8. The van der Waals surface area contributed by atoms with E-state index in [-0.39, 0.29) is 11.3 Å². The zero-order valence-corrected chi connectivity index (χ0v) is 19.9. The van der Waals surface area contributed by atoms with Crippen LogP contribution in [0.2, 0.25) is 0 Å². The van der Waals surface area contributed by atoms with Gasteiger partial charge in [-0.15, -0.1) is 12.3 Å². The van der Waals surface area contributed by atoms with Crippen LogP contribution in [0.4, 0.5) is 0 Å². The molecule has 2 saturated carbocycles. The Bertz CT molecular complexity index is 580. The van der Waals surface area contributed by atoms with Crippen molar-refractivity contribution in [2.24, 2.45) is 40.9 Å². The van der Waals surface area contributed by atoms with Gasteiger partial charge in [0.15, 0.2) is 0 Å². The number of carbonyl (C=O) groups excluding carboxylic acids is 1. The van der Waals surface area contributed by atoms with E-state index in [1.54, 1.807) is 0 Å². The smallest absolute Gasteiger partial charge is 0.139 e. The molecule has 0 aliphatic heterocycles. The van der Waals surface area contributed by atoms with Crippen LogP contribution in [0.3, 0.4) is 0 Å². The number of hydrogen-bond acceptors (Lipinski definition) is 1. The van der Waals surface area contributed by atoms with Crippen LogP contribution in [-0.4, -0.2) is 5.78 Å². The molecule has 6 atom stereocenters. The van der Waals surface area contributed by atoms with Gasteiger partial charge in [0.05, 0.1) is 0 Å². The van der Waals surface area contributed by atoms with Crippen molar-refractivity contribution in [1.82, 2.24) is 0 Å². The Morgan fingerprint density at radius 2 is 1.93 bits per heavy atom. The second kappa shape index (κ2) is 11.4. The number of fused-ring (bicyclic) bond motifs is 1. The number of terminal acetylenes is 1. The largest absolute Gasteiger partial charge is 0.299 e. The molecule has 5 unspecified atom stereocenters. The molecule has 0 heterocycles. The third kappa shape index (κ3) is 6.23. The van der Waals surface area contributed by atoms with Crippen LogP contribution in [0.5, 0.6) is 0 Å². The molecule has 0 radical (unpaired) electrons. The van der Waals surface area contributed by atoms with E-state index in [0.29, 0.717) is 17.6 Å². The molecule has 2 rings (SSSR count). The molecule has 1 heteroatoms. The zero-order chi connectivity index (χ0) is 21.4. The van der Waals surface area contributed by atoms with Crippen LogP contribution < -0.4 is 0 Å². The molecule has 2 fully saturated rings. The van der Waals surface area contributed by atoms with Crippen molar-refractivity contribution < 1.29 is 4.79 Å². The normalized spacial score (nSPS) is 31.8. The maximum atomic E-state index is 13.5. The fourth-order valence-corrected chi connectivity index (χ4v) is 6.51. The van der Waals surface area contributed by atoms with Crippen molar-refractivity contribution >= 4 is 5.78 Å². The summed E-state index contributed by atoms with van der Waals surface area (Å²) in [5.41, 5.74) is 0.245. The summed E-state index contributed by atoms with van der Waals surface area (Å²) < 4.78 is 0. The summed E-state index contributed by atoms with van der Waals surface area (Å²) in [6, 6.07) is 0. The summed E-state index contributed by atoms with van der Waals surface area (Å²) in [7, 11) is 0. The van der Waals surface area contributed by atoms with Crippen LogP contribution in [0.25, 0.3) is 0 Å². The zero-order valence-electron chi connectivity index (χ0n) is 19.9. The van der Waals surface area contributed by atoms with E-state index >= 15 is 0 Å². The summed E-state index contributed by atoms with van der Waals surface area (Å²) in [6.07, 6.45) is 22.7. The highest BCUT2D eigenvalue weighted by Crippen LogP contribution is 2.58.